The van der Waals surface area contributed by atoms with Crippen molar-refractivity contribution >= 4 is 50.5 Å². The number of anilines is 3. The lowest BCUT2D eigenvalue weighted by atomic mass is 9.73. The van der Waals surface area contributed by atoms with Crippen molar-refractivity contribution in [2.24, 2.45) is 0 Å². The van der Waals surface area contributed by atoms with E-state index in [-0.39, 0.29) is 32.5 Å². The number of nitrogens with zero attached hydrogens (tertiary/aromatic N) is 2. The van der Waals surface area contributed by atoms with Crippen molar-refractivity contribution in [3.63, 3.8) is 0 Å². The van der Waals surface area contributed by atoms with Gasteiger partial charge in [-0.2, -0.15) is 0 Å². The van der Waals surface area contributed by atoms with Gasteiger partial charge >= 0.3 is 0 Å². The van der Waals surface area contributed by atoms with Crippen LogP contribution in [0.25, 0.3) is 27.5 Å². The number of fused-ring (bicyclic) bond motifs is 3. The maximum absolute atomic E-state index is 7.08. The van der Waals surface area contributed by atoms with Crippen molar-refractivity contribution in [2.45, 2.75) is 157 Å². The molecule has 0 fully saturated rings. The van der Waals surface area contributed by atoms with E-state index in [2.05, 4.69) is 243 Å². The minimum Gasteiger partial charge on any atom is -0.457 e. The SMILES string of the molecule is CC(C)(C)c1cc(Oc2cccc(-n3c4ccc(C(C)(C)C)cc4c4cc(C(C)(C)C)ccc43)c2)cc(N(c2cccc(Cl)c2)c2c(C(C)(C)C)cc(C(C)(C)C)cc2C(C)(C)C)c1. The summed E-state index contributed by atoms with van der Waals surface area (Å²) < 4.78 is 9.48. The molecule has 0 radical (unpaired) electrons. The Bertz CT molecular complexity index is 2760. The fourth-order valence-electron chi connectivity index (χ4n) is 8.74. The average Bonchev–Trinajstić information content (AvgIpc) is 3.49. The van der Waals surface area contributed by atoms with Crippen molar-refractivity contribution in [1.82, 2.24) is 4.57 Å². The molecule has 0 unspecified atom stereocenters. The summed E-state index contributed by atoms with van der Waals surface area (Å²) in [6.07, 6.45) is 0. The van der Waals surface area contributed by atoms with Gasteiger partial charge in [0.2, 0.25) is 0 Å². The fraction of sp³-hybridized carbons (Fsp3) is 0.400. The number of aromatic nitrogens is 1. The van der Waals surface area contributed by atoms with Gasteiger partial charge in [0.05, 0.1) is 22.4 Å². The Morgan fingerprint density at radius 2 is 0.891 bits per heavy atom. The largest absolute Gasteiger partial charge is 0.457 e. The predicted molar refractivity (Wildman–Crippen MR) is 279 cm³/mol. The van der Waals surface area contributed by atoms with Gasteiger partial charge in [-0.3, -0.25) is 0 Å². The number of halogens is 1. The molecule has 336 valence electrons. The first-order chi connectivity index (χ1) is 29.4. The summed E-state index contributed by atoms with van der Waals surface area (Å²) >= 11 is 6.88. The molecular weight excluding hydrogens is 800 g/mol. The molecule has 1 aromatic heterocycles. The molecule has 6 aromatic carbocycles. The minimum atomic E-state index is -0.176. The van der Waals surface area contributed by atoms with E-state index < -0.39 is 0 Å². The molecule has 0 spiro atoms. The highest BCUT2D eigenvalue weighted by molar-refractivity contribution is 6.30. The van der Waals surface area contributed by atoms with E-state index >= 15 is 0 Å². The van der Waals surface area contributed by atoms with Crippen LogP contribution in [0.1, 0.15) is 158 Å². The second-order valence-electron chi connectivity index (χ2n) is 24.3. The quantitative estimate of drug-likeness (QED) is 0.166. The minimum absolute atomic E-state index is 0.0271. The number of ether oxygens (including phenoxy) is 1. The predicted octanol–water partition coefficient (Wildman–Crippen LogP) is 18.5. The molecule has 0 saturated carbocycles. The van der Waals surface area contributed by atoms with Crippen LogP contribution in [0, 0.1) is 0 Å². The van der Waals surface area contributed by atoms with Gasteiger partial charge in [0.15, 0.2) is 0 Å². The van der Waals surface area contributed by atoms with E-state index in [1.807, 2.05) is 6.07 Å². The summed E-state index contributed by atoms with van der Waals surface area (Å²) in [5, 5.41) is 3.23. The Labute approximate surface area is 390 Å². The normalized spacial score (nSPS) is 13.2. The lowest BCUT2D eigenvalue weighted by Crippen LogP contribution is -2.27. The van der Waals surface area contributed by atoms with Gasteiger partial charge in [0.25, 0.3) is 0 Å². The van der Waals surface area contributed by atoms with Crippen LogP contribution in [0.5, 0.6) is 11.5 Å². The topological polar surface area (TPSA) is 17.4 Å². The van der Waals surface area contributed by atoms with Gasteiger partial charge in [0, 0.05) is 39.3 Å². The van der Waals surface area contributed by atoms with Crippen molar-refractivity contribution in [2.75, 3.05) is 4.90 Å². The summed E-state index contributed by atoms with van der Waals surface area (Å²) in [5.41, 5.74) is 13.9. The Morgan fingerprint density at radius 1 is 0.406 bits per heavy atom. The highest BCUT2D eigenvalue weighted by Gasteiger charge is 2.34. The number of rotatable bonds is 6. The molecule has 0 bridgehead atoms. The molecule has 3 nitrogen and oxygen atoms in total. The molecule has 0 saturated heterocycles. The highest BCUT2D eigenvalue weighted by Crippen LogP contribution is 2.50. The lowest BCUT2D eigenvalue weighted by Gasteiger charge is -2.39. The second-order valence-corrected chi connectivity index (χ2v) is 24.8. The fourth-order valence-corrected chi connectivity index (χ4v) is 8.92. The van der Waals surface area contributed by atoms with Crippen LogP contribution in [0.15, 0.2) is 115 Å². The number of benzene rings is 6. The van der Waals surface area contributed by atoms with E-state index in [0.717, 1.165) is 28.6 Å². The van der Waals surface area contributed by atoms with Gasteiger partial charge in [-0.15, -0.1) is 0 Å². The Kier molecular flexibility index (Phi) is 11.9. The molecule has 7 rings (SSSR count). The first kappa shape index (κ1) is 47.0. The van der Waals surface area contributed by atoms with Crippen LogP contribution in [-0.2, 0) is 32.5 Å². The monoisotopic (exact) mass is 873 g/mol. The first-order valence-corrected chi connectivity index (χ1v) is 23.6. The van der Waals surface area contributed by atoms with Crippen LogP contribution < -0.4 is 9.64 Å². The zero-order valence-corrected chi connectivity index (χ0v) is 42.9. The number of hydrogen-bond donors (Lipinski definition) is 0. The third-order valence-corrected chi connectivity index (χ3v) is 12.9. The van der Waals surface area contributed by atoms with E-state index in [1.54, 1.807) is 0 Å². The van der Waals surface area contributed by atoms with Crippen LogP contribution >= 0.6 is 11.6 Å². The van der Waals surface area contributed by atoms with Crippen molar-refractivity contribution < 1.29 is 4.74 Å². The average molecular weight is 874 g/mol. The van der Waals surface area contributed by atoms with Crippen molar-refractivity contribution in [3.05, 3.63) is 154 Å². The standard InChI is InChI=1S/C60H73ClN2O/c1-55(2,3)38-25-27-52-48(31-38)49-32-39(56(4,5)6)26-28-53(49)63(52)44-23-20-24-46(36-44)64-47-30-40(57(7,8)9)29-45(37-47)62(43-22-19-21-42(61)35-43)54-50(59(13,14)15)33-41(58(10,11)12)34-51(54)60(16,17)18/h19-37H,1-18H3. The van der Waals surface area contributed by atoms with E-state index in [4.69, 9.17) is 16.3 Å². The summed E-state index contributed by atoms with van der Waals surface area (Å²) in [6, 6.07) is 42.5. The third-order valence-electron chi connectivity index (χ3n) is 12.7. The van der Waals surface area contributed by atoms with Crippen molar-refractivity contribution in [3.8, 4) is 17.2 Å². The molecule has 0 aliphatic heterocycles. The summed E-state index contributed by atoms with van der Waals surface area (Å²) in [5.74, 6) is 1.55. The van der Waals surface area contributed by atoms with Gasteiger partial charge in [-0.05, 0) is 133 Å². The highest BCUT2D eigenvalue weighted by atomic mass is 35.5. The molecule has 4 heteroatoms. The van der Waals surface area contributed by atoms with Gasteiger partial charge in [-0.1, -0.05) is 173 Å². The molecule has 0 amide bonds. The summed E-state index contributed by atoms with van der Waals surface area (Å²) in [4.78, 5) is 2.44. The Morgan fingerprint density at radius 3 is 1.36 bits per heavy atom. The molecule has 1 heterocycles. The molecular formula is C60H73ClN2O. The first-order valence-electron chi connectivity index (χ1n) is 23.2. The summed E-state index contributed by atoms with van der Waals surface area (Å²) in [7, 11) is 0. The smallest absolute Gasteiger partial charge is 0.129 e. The van der Waals surface area contributed by atoms with E-state index in [9.17, 15) is 0 Å². The molecule has 0 aliphatic carbocycles. The maximum Gasteiger partial charge on any atom is 0.129 e. The molecule has 0 aliphatic rings. The lowest BCUT2D eigenvalue weighted by molar-refractivity contribution is 0.478. The molecule has 7 aromatic rings. The van der Waals surface area contributed by atoms with Gasteiger partial charge < -0.3 is 14.2 Å². The molecule has 64 heavy (non-hydrogen) atoms. The van der Waals surface area contributed by atoms with Crippen LogP contribution in [0.4, 0.5) is 17.1 Å². The zero-order chi connectivity index (χ0) is 47.1. The Balaban J connectivity index is 1.45. The maximum atomic E-state index is 7.08. The zero-order valence-electron chi connectivity index (χ0n) is 42.2. The van der Waals surface area contributed by atoms with Crippen LogP contribution in [0.2, 0.25) is 5.02 Å². The van der Waals surface area contributed by atoms with E-state index in [1.165, 1.54) is 60.9 Å². The van der Waals surface area contributed by atoms with Crippen LogP contribution in [0.3, 0.4) is 0 Å². The molecule has 0 atom stereocenters. The molecule has 0 N–H and O–H groups in total. The van der Waals surface area contributed by atoms with Gasteiger partial charge in [-0.25, -0.2) is 0 Å². The van der Waals surface area contributed by atoms with Crippen LogP contribution in [-0.4, -0.2) is 4.57 Å². The Hall–Kier alpha value is -4.99. The van der Waals surface area contributed by atoms with Crippen molar-refractivity contribution in [1.29, 1.82) is 0 Å². The summed E-state index contributed by atoms with van der Waals surface area (Å²) in [6.45, 7) is 41.5. The third kappa shape index (κ3) is 9.53. The van der Waals surface area contributed by atoms with E-state index in [0.29, 0.717) is 5.02 Å². The second kappa shape index (κ2) is 16.2. The van der Waals surface area contributed by atoms with Gasteiger partial charge in [0.1, 0.15) is 11.5 Å². The number of hydrogen-bond acceptors (Lipinski definition) is 2.